The van der Waals surface area contributed by atoms with Crippen molar-refractivity contribution >= 4 is 38.9 Å². The molecular weight excluding hydrogens is 711 g/mol. The number of aryl methyl sites for hydroxylation is 2. The number of hydrogen-bond donors (Lipinski definition) is 1. The molecule has 1 unspecified atom stereocenters. The molecule has 0 aromatic heterocycles. The fourth-order valence-corrected chi connectivity index (χ4v) is 7.78. The number of ether oxygens (including phenoxy) is 4. The molecule has 0 saturated heterocycles. The van der Waals surface area contributed by atoms with Crippen LogP contribution in [0.15, 0.2) is 113 Å². The van der Waals surface area contributed by atoms with E-state index in [1.54, 1.807) is 48.5 Å². The average Bonchev–Trinajstić information content (AvgIpc) is 3.15. The second-order valence-corrected chi connectivity index (χ2v) is 15.7. The number of carbonyl (C=O) groups excluding carboxylic acids is 2. The van der Waals surface area contributed by atoms with Gasteiger partial charge in [0.15, 0.2) is 15.6 Å². The molecule has 1 amide bonds. The molecule has 11 heteroatoms. The van der Waals surface area contributed by atoms with Crippen LogP contribution < -0.4 is 10.1 Å². The molecule has 4 aromatic carbocycles. The summed E-state index contributed by atoms with van der Waals surface area (Å²) in [6.45, 7) is 12.9. The minimum absolute atomic E-state index is 0.189. The topological polar surface area (TPSA) is 117 Å². The van der Waals surface area contributed by atoms with Crippen LogP contribution in [0.25, 0.3) is 5.57 Å². The molecule has 4 aromatic rings. The number of nitrogens with one attached hydrogen (secondary N) is 1. The molecule has 0 fully saturated rings. The lowest BCUT2D eigenvalue weighted by Crippen LogP contribution is -2.28. The Labute approximate surface area is 318 Å². The maximum atomic E-state index is 13.7. The van der Waals surface area contributed by atoms with Gasteiger partial charge in [-0.15, -0.1) is 11.8 Å². The van der Waals surface area contributed by atoms with Crippen molar-refractivity contribution in [3.63, 3.8) is 0 Å². The Bertz CT molecular complexity index is 1860. The molecule has 4 rings (SSSR count). The van der Waals surface area contributed by atoms with E-state index in [1.807, 2.05) is 69.3 Å². The monoisotopic (exact) mass is 759 g/mol. The summed E-state index contributed by atoms with van der Waals surface area (Å²) in [5.41, 5.74) is 4.89. The zero-order valence-corrected chi connectivity index (χ0v) is 32.3. The first-order valence-electron chi connectivity index (χ1n) is 17.5. The van der Waals surface area contributed by atoms with Crippen LogP contribution in [0.3, 0.4) is 0 Å². The molecule has 0 aliphatic heterocycles. The van der Waals surface area contributed by atoms with E-state index in [0.717, 1.165) is 32.9 Å². The highest BCUT2D eigenvalue weighted by Crippen LogP contribution is 2.26. The van der Waals surface area contributed by atoms with E-state index in [-0.39, 0.29) is 28.1 Å². The van der Waals surface area contributed by atoms with Gasteiger partial charge in [0.2, 0.25) is 0 Å². The second kappa shape index (κ2) is 21.4. The Morgan fingerprint density at radius 2 is 1.19 bits per heavy atom. The lowest BCUT2D eigenvalue weighted by atomic mass is 9.99. The number of Topliss-reactive ketones (excluding diaryl/α,β-unsaturated/α-hetero) is 1. The predicted molar refractivity (Wildman–Crippen MR) is 211 cm³/mol. The SMILES string of the molecule is C=C(C)c1ccc(OCCOCCOCCOCCNC(=O)c2ccc(C(=O)C(CSc3ccc(C)cc3)CS(=O)(=O)c3ccc(C)cc3)cc2)cc1. The number of benzene rings is 4. The van der Waals surface area contributed by atoms with Crippen molar-refractivity contribution in [2.45, 2.75) is 30.6 Å². The van der Waals surface area contributed by atoms with Gasteiger partial charge in [-0.3, -0.25) is 9.59 Å². The first-order valence-corrected chi connectivity index (χ1v) is 20.2. The Hall–Kier alpha value is -4.26. The van der Waals surface area contributed by atoms with Gasteiger partial charge in [-0.25, -0.2) is 8.42 Å². The summed E-state index contributed by atoms with van der Waals surface area (Å²) in [4.78, 5) is 27.6. The number of allylic oxidation sites excluding steroid dienone is 1. The van der Waals surface area contributed by atoms with Gasteiger partial charge in [0.05, 0.1) is 50.3 Å². The van der Waals surface area contributed by atoms with Crippen LogP contribution in [0.1, 0.15) is 44.3 Å². The molecule has 0 bridgehead atoms. The van der Waals surface area contributed by atoms with Gasteiger partial charge < -0.3 is 24.3 Å². The predicted octanol–water partition coefficient (Wildman–Crippen LogP) is 7.26. The van der Waals surface area contributed by atoms with Gasteiger partial charge in [0, 0.05) is 34.2 Å². The number of ketones is 1. The van der Waals surface area contributed by atoms with E-state index in [2.05, 4.69) is 11.9 Å². The van der Waals surface area contributed by atoms with Crippen LogP contribution in [0.2, 0.25) is 0 Å². The largest absolute Gasteiger partial charge is 0.491 e. The fraction of sp³-hybridized carbons (Fsp3) is 0.333. The van der Waals surface area contributed by atoms with Gasteiger partial charge in [-0.1, -0.05) is 71.8 Å². The zero-order valence-electron chi connectivity index (χ0n) is 30.7. The number of amides is 1. The highest BCUT2D eigenvalue weighted by Gasteiger charge is 2.28. The van der Waals surface area contributed by atoms with Crippen LogP contribution in [0.4, 0.5) is 0 Å². The first-order chi connectivity index (χ1) is 25.5. The number of carbonyl (C=O) groups is 2. The molecule has 282 valence electrons. The first kappa shape index (κ1) is 41.5. The van der Waals surface area contributed by atoms with Crippen LogP contribution >= 0.6 is 11.8 Å². The molecule has 0 spiro atoms. The molecule has 0 saturated carbocycles. The van der Waals surface area contributed by atoms with Crippen LogP contribution in [-0.2, 0) is 24.0 Å². The molecule has 0 aliphatic carbocycles. The summed E-state index contributed by atoms with van der Waals surface area (Å²) < 4.78 is 49.0. The fourth-order valence-electron chi connectivity index (χ4n) is 5.09. The van der Waals surface area contributed by atoms with Crippen LogP contribution in [0, 0.1) is 19.8 Å². The second-order valence-electron chi connectivity index (χ2n) is 12.6. The van der Waals surface area contributed by atoms with E-state index in [4.69, 9.17) is 18.9 Å². The van der Waals surface area contributed by atoms with E-state index < -0.39 is 15.8 Å². The van der Waals surface area contributed by atoms with Gasteiger partial charge in [-0.05, 0) is 74.9 Å². The normalized spacial score (nSPS) is 11.9. The van der Waals surface area contributed by atoms with Crippen LogP contribution in [-0.4, -0.2) is 84.4 Å². The molecule has 9 nitrogen and oxygen atoms in total. The quantitative estimate of drug-likeness (QED) is 0.0474. The Balaban J connectivity index is 1.14. The molecule has 1 atom stereocenters. The Morgan fingerprint density at radius 1 is 0.679 bits per heavy atom. The maximum absolute atomic E-state index is 13.7. The molecule has 0 aliphatic rings. The number of sulfone groups is 1. The highest BCUT2D eigenvalue weighted by molar-refractivity contribution is 7.99. The highest BCUT2D eigenvalue weighted by atomic mass is 32.2. The van der Waals surface area contributed by atoms with E-state index in [0.29, 0.717) is 63.9 Å². The molecule has 1 N–H and O–H groups in total. The third kappa shape index (κ3) is 14.2. The molecule has 53 heavy (non-hydrogen) atoms. The zero-order chi connectivity index (χ0) is 38.1. The van der Waals surface area contributed by atoms with Crippen molar-refractivity contribution in [3.8, 4) is 5.75 Å². The lowest BCUT2D eigenvalue weighted by molar-refractivity contribution is 0.00988. The summed E-state index contributed by atoms with van der Waals surface area (Å²) in [6, 6.07) is 28.6. The third-order valence-corrected chi connectivity index (χ3v) is 11.2. The average molecular weight is 760 g/mol. The summed E-state index contributed by atoms with van der Waals surface area (Å²) in [6.07, 6.45) is 0. The standard InChI is InChI=1S/C42H49NO8S2/c1-31(2)34-13-15-38(16-14-34)51-28-27-50-26-25-49-24-23-48-22-21-43-42(45)36-11-9-35(10-12-36)41(44)37(29-52-39-17-5-32(3)6-18-39)30-53(46,47)40-19-7-33(4)8-20-40/h5-20,37H,1,21-30H2,2-4H3,(H,43,45). The van der Waals surface area contributed by atoms with E-state index in [1.165, 1.54) is 11.8 Å². The van der Waals surface area contributed by atoms with Crippen molar-refractivity contribution in [2.75, 3.05) is 64.3 Å². The summed E-state index contributed by atoms with van der Waals surface area (Å²) in [5.74, 6) is -0.636. The summed E-state index contributed by atoms with van der Waals surface area (Å²) in [7, 11) is -3.73. The Morgan fingerprint density at radius 3 is 1.77 bits per heavy atom. The summed E-state index contributed by atoms with van der Waals surface area (Å²) >= 11 is 1.45. The minimum Gasteiger partial charge on any atom is -0.491 e. The number of rotatable bonds is 23. The third-order valence-electron chi connectivity index (χ3n) is 8.19. The maximum Gasteiger partial charge on any atom is 0.251 e. The molecule has 0 radical (unpaired) electrons. The van der Waals surface area contributed by atoms with Crippen molar-refractivity contribution in [3.05, 3.63) is 131 Å². The number of hydrogen-bond acceptors (Lipinski definition) is 9. The van der Waals surface area contributed by atoms with E-state index in [9.17, 15) is 18.0 Å². The van der Waals surface area contributed by atoms with Gasteiger partial charge in [0.1, 0.15) is 12.4 Å². The van der Waals surface area contributed by atoms with Gasteiger partial charge in [-0.2, -0.15) is 0 Å². The molecule has 0 heterocycles. The molecular formula is C42H49NO8S2. The van der Waals surface area contributed by atoms with Crippen LogP contribution in [0.5, 0.6) is 5.75 Å². The Kier molecular flexibility index (Phi) is 16.8. The summed E-state index contributed by atoms with van der Waals surface area (Å²) in [5, 5.41) is 2.81. The van der Waals surface area contributed by atoms with Crippen molar-refractivity contribution in [1.82, 2.24) is 5.32 Å². The van der Waals surface area contributed by atoms with Crippen molar-refractivity contribution in [1.29, 1.82) is 0 Å². The van der Waals surface area contributed by atoms with Crippen molar-refractivity contribution in [2.24, 2.45) is 5.92 Å². The van der Waals surface area contributed by atoms with Gasteiger partial charge >= 0.3 is 0 Å². The lowest BCUT2D eigenvalue weighted by Gasteiger charge is -2.17. The smallest absolute Gasteiger partial charge is 0.251 e. The van der Waals surface area contributed by atoms with E-state index >= 15 is 0 Å². The minimum atomic E-state index is -3.73. The van der Waals surface area contributed by atoms with Crippen molar-refractivity contribution < 1.29 is 37.0 Å². The number of thioether (sulfide) groups is 1. The van der Waals surface area contributed by atoms with Gasteiger partial charge in [0.25, 0.3) is 5.91 Å².